The predicted molar refractivity (Wildman–Crippen MR) is 264 cm³/mol. The Morgan fingerprint density at radius 2 is 0.889 bits per heavy atom. The monoisotopic (exact) mass is 912 g/mol. The Morgan fingerprint density at radius 3 is 1.32 bits per heavy atom. The van der Waals surface area contributed by atoms with Gasteiger partial charge >= 0.3 is 11.9 Å². The van der Waals surface area contributed by atoms with Crippen LogP contribution in [0.1, 0.15) is 251 Å². The molecule has 0 aromatic heterocycles. The zero-order chi connectivity index (χ0) is 46.4. The molecule has 10 heteroatoms. The van der Waals surface area contributed by atoms with Gasteiger partial charge in [-0.25, -0.2) is 0 Å². The van der Waals surface area contributed by atoms with Gasteiger partial charge < -0.3 is 27.9 Å². The third-order valence-corrected chi connectivity index (χ3v) is 12.7. The van der Waals surface area contributed by atoms with Gasteiger partial charge in [-0.2, -0.15) is 0 Å². The Balaban J connectivity index is 4.08. The van der Waals surface area contributed by atoms with Gasteiger partial charge in [0.25, 0.3) is 7.82 Å². The van der Waals surface area contributed by atoms with Crippen molar-refractivity contribution in [3.8, 4) is 0 Å². The average molecular weight is 912 g/mol. The number of hydrogen-bond donors (Lipinski definition) is 0. The SMILES string of the molecule is CCC/C=C\C/C=C\CCCCCCCC(=O)OC(COC(=O)CCCCCCCCCCCCCCCCCCCCCCCCCCCC)COP(=O)([O-])OCC[N+](C)(C)C. The van der Waals surface area contributed by atoms with Crippen molar-refractivity contribution in [3.05, 3.63) is 24.3 Å². The molecule has 63 heavy (non-hydrogen) atoms. The smallest absolute Gasteiger partial charge is 0.306 e. The molecule has 0 aliphatic heterocycles. The van der Waals surface area contributed by atoms with E-state index < -0.39 is 26.5 Å². The van der Waals surface area contributed by atoms with Crippen LogP contribution in [0, 0.1) is 0 Å². The third-order valence-electron chi connectivity index (χ3n) is 11.7. The van der Waals surface area contributed by atoms with E-state index in [0.717, 1.165) is 64.2 Å². The molecule has 2 atom stereocenters. The molecule has 0 aromatic rings. The molecule has 372 valence electrons. The van der Waals surface area contributed by atoms with Crippen LogP contribution in [0.5, 0.6) is 0 Å². The molecule has 0 spiro atoms. The van der Waals surface area contributed by atoms with E-state index in [4.69, 9.17) is 18.5 Å². The highest BCUT2D eigenvalue weighted by Gasteiger charge is 2.21. The molecule has 0 saturated carbocycles. The number of carbonyl (C=O) groups is 2. The van der Waals surface area contributed by atoms with Gasteiger partial charge in [0.15, 0.2) is 6.10 Å². The number of esters is 2. The number of phosphoric ester groups is 1. The summed E-state index contributed by atoms with van der Waals surface area (Å²) in [5.74, 6) is -0.839. The number of phosphoric acid groups is 1. The van der Waals surface area contributed by atoms with Crippen LogP contribution in [0.25, 0.3) is 0 Å². The van der Waals surface area contributed by atoms with E-state index in [1.54, 1.807) is 0 Å². The van der Waals surface area contributed by atoms with E-state index >= 15 is 0 Å². The van der Waals surface area contributed by atoms with E-state index in [9.17, 15) is 19.0 Å². The number of quaternary nitrogens is 1. The summed E-state index contributed by atoms with van der Waals surface area (Å²) in [5.41, 5.74) is 0. The average Bonchev–Trinajstić information content (AvgIpc) is 3.24. The fourth-order valence-electron chi connectivity index (χ4n) is 7.58. The second-order valence-electron chi connectivity index (χ2n) is 19.2. The molecule has 0 N–H and O–H groups in total. The molecule has 0 aliphatic rings. The van der Waals surface area contributed by atoms with Crippen molar-refractivity contribution in [1.82, 2.24) is 0 Å². The Bertz CT molecular complexity index is 1120. The van der Waals surface area contributed by atoms with Crippen molar-refractivity contribution >= 4 is 19.8 Å². The van der Waals surface area contributed by atoms with Crippen LogP contribution in [0.4, 0.5) is 0 Å². The zero-order valence-corrected chi connectivity index (χ0v) is 42.9. The lowest BCUT2D eigenvalue weighted by Crippen LogP contribution is -2.37. The maximum atomic E-state index is 12.7. The lowest BCUT2D eigenvalue weighted by Gasteiger charge is -2.28. The molecule has 0 aliphatic carbocycles. The summed E-state index contributed by atoms with van der Waals surface area (Å²) in [4.78, 5) is 37.7. The minimum atomic E-state index is -4.63. The van der Waals surface area contributed by atoms with Crippen molar-refractivity contribution in [3.63, 3.8) is 0 Å². The number of rotatable bonds is 49. The first-order valence-electron chi connectivity index (χ1n) is 26.5. The number of allylic oxidation sites excluding steroid dienone is 4. The highest BCUT2D eigenvalue weighted by Crippen LogP contribution is 2.38. The molecule has 0 bridgehead atoms. The summed E-state index contributed by atoms with van der Waals surface area (Å²) in [6.07, 6.45) is 52.3. The van der Waals surface area contributed by atoms with E-state index in [1.807, 2.05) is 21.1 Å². The van der Waals surface area contributed by atoms with Crippen molar-refractivity contribution in [2.75, 3.05) is 47.5 Å². The van der Waals surface area contributed by atoms with Crippen LogP contribution in [-0.2, 0) is 32.7 Å². The fourth-order valence-corrected chi connectivity index (χ4v) is 8.31. The van der Waals surface area contributed by atoms with Crippen LogP contribution in [0.15, 0.2) is 24.3 Å². The van der Waals surface area contributed by atoms with Crippen molar-refractivity contribution < 1.29 is 42.1 Å². The molecule has 0 aromatic carbocycles. The number of carbonyl (C=O) groups excluding carboxylic acids is 2. The van der Waals surface area contributed by atoms with Gasteiger partial charge in [-0.1, -0.05) is 224 Å². The Morgan fingerprint density at radius 1 is 0.492 bits per heavy atom. The van der Waals surface area contributed by atoms with Crippen LogP contribution in [-0.4, -0.2) is 70.0 Å². The van der Waals surface area contributed by atoms with Crippen LogP contribution >= 0.6 is 7.82 Å². The van der Waals surface area contributed by atoms with Crippen molar-refractivity contribution in [1.29, 1.82) is 0 Å². The topological polar surface area (TPSA) is 111 Å². The first-order chi connectivity index (χ1) is 30.5. The molecule has 0 rings (SSSR count). The number of ether oxygens (including phenoxy) is 2. The van der Waals surface area contributed by atoms with Gasteiger partial charge in [0.05, 0.1) is 27.7 Å². The molecule has 0 amide bonds. The zero-order valence-electron chi connectivity index (χ0n) is 42.0. The number of unbranched alkanes of at least 4 members (excludes halogenated alkanes) is 31. The summed E-state index contributed by atoms with van der Waals surface area (Å²) in [6, 6.07) is 0. The minimum absolute atomic E-state index is 0.0317. The molecule has 2 unspecified atom stereocenters. The van der Waals surface area contributed by atoms with Gasteiger partial charge in [0, 0.05) is 12.8 Å². The number of hydrogen-bond acceptors (Lipinski definition) is 8. The van der Waals surface area contributed by atoms with E-state index in [-0.39, 0.29) is 32.0 Å². The van der Waals surface area contributed by atoms with Gasteiger partial charge in [-0.05, 0) is 38.5 Å². The number of likely N-dealkylation sites (N-methyl/N-ethyl adjacent to an activating group) is 1. The van der Waals surface area contributed by atoms with Gasteiger partial charge in [-0.15, -0.1) is 0 Å². The normalized spacial score (nSPS) is 13.6. The van der Waals surface area contributed by atoms with Crippen molar-refractivity contribution in [2.24, 2.45) is 0 Å². The minimum Gasteiger partial charge on any atom is -0.756 e. The van der Waals surface area contributed by atoms with Crippen LogP contribution in [0.2, 0.25) is 0 Å². The standard InChI is InChI=1S/C53H102NO8P/c1-6-8-10-12-14-16-18-20-21-22-23-24-25-26-27-28-29-30-31-32-34-35-37-39-41-43-45-52(55)59-49-51(50-61-63(57,58)60-48-47-54(3,4)5)62-53(56)46-44-42-40-38-36-33-19-17-15-13-11-9-7-2/h11,13,17,19,51H,6-10,12,14-16,18,20-50H2,1-5H3/b13-11-,19-17-. The first kappa shape index (κ1) is 61.5. The summed E-state index contributed by atoms with van der Waals surface area (Å²) in [6.45, 7) is 4.19. The summed E-state index contributed by atoms with van der Waals surface area (Å²) >= 11 is 0. The molecule has 0 radical (unpaired) electrons. The first-order valence-corrected chi connectivity index (χ1v) is 28.0. The van der Waals surface area contributed by atoms with Gasteiger partial charge in [0.2, 0.25) is 0 Å². The summed E-state index contributed by atoms with van der Waals surface area (Å²) in [7, 11) is 1.16. The molecular weight excluding hydrogens is 810 g/mol. The largest absolute Gasteiger partial charge is 0.756 e. The van der Waals surface area contributed by atoms with Crippen LogP contribution in [0.3, 0.4) is 0 Å². The Hall–Kier alpha value is -1.51. The second-order valence-corrected chi connectivity index (χ2v) is 20.7. The van der Waals surface area contributed by atoms with E-state index in [0.29, 0.717) is 17.4 Å². The molecule has 0 heterocycles. The molecule has 0 saturated heterocycles. The molecule has 0 fully saturated rings. The van der Waals surface area contributed by atoms with E-state index in [2.05, 4.69) is 38.2 Å². The predicted octanol–water partition coefficient (Wildman–Crippen LogP) is 15.2. The second kappa shape index (κ2) is 45.6. The van der Waals surface area contributed by atoms with Gasteiger partial charge in [0.1, 0.15) is 19.8 Å². The highest BCUT2D eigenvalue weighted by molar-refractivity contribution is 7.45. The number of nitrogens with zero attached hydrogens (tertiary/aromatic N) is 1. The lowest BCUT2D eigenvalue weighted by molar-refractivity contribution is -0.870. The highest BCUT2D eigenvalue weighted by atomic mass is 31.2. The quantitative estimate of drug-likeness (QED) is 0.0195. The van der Waals surface area contributed by atoms with Gasteiger partial charge in [-0.3, -0.25) is 14.2 Å². The third kappa shape index (κ3) is 49.8. The Kier molecular flexibility index (Phi) is 44.5. The van der Waals surface area contributed by atoms with Crippen LogP contribution < -0.4 is 4.89 Å². The molecular formula is C53H102NO8P. The maximum absolute atomic E-state index is 12.7. The molecule has 9 nitrogen and oxygen atoms in total. The Labute approximate surface area is 389 Å². The summed E-state index contributed by atoms with van der Waals surface area (Å²) < 4.78 is 34.0. The fraction of sp³-hybridized carbons (Fsp3) is 0.887. The maximum Gasteiger partial charge on any atom is 0.306 e. The lowest BCUT2D eigenvalue weighted by atomic mass is 10.0. The van der Waals surface area contributed by atoms with E-state index in [1.165, 1.54) is 154 Å². The summed E-state index contributed by atoms with van der Waals surface area (Å²) in [5, 5.41) is 0. The van der Waals surface area contributed by atoms with Crippen molar-refractivity contribution in [2.45, 2.75) is 258 Å².